The molecular weight excluding hydrogens is 721 g/mol. The molecule has 4 heteroatoms. The Balaban J connectivity index is 1.22. The van der Waals surface area contributed by atoms with E-state index in [4.69, 9.17) is 4.42 Å². The fraction of sp³-hybridized carbons (Fsp3) is 0. The first-order chi connectivity index (χ1) is 28.8. The van der Waals surface area contributed by atoms with Crippen LogP contribution in [0.3, 0.4) is 0 Å². The van der Waals surface area contributed by atoms with Crippen LogP contribution in [-0.4, -0.2) is 17.2 Å². The molecule has 0 atom stereocenters. The summed E-state index contributed by atoms with van der Waals surface area (Å²) in [6.45, 7) is 0. The Morgan fingerprint density at radius 2 is 0.879 bits per heavy atom. The zero-order chi connectivity index (χ0) is 38.2. The van der Waals surface area contributed by atoms with Crippen molar-refractivity contribution in [3.8, 4) is 11.4 Å². The number of furan rings is 1. The quantitative estimate of drug-likeness (QED) is 0.122. The summed E-state index contributed by atoms with van der Waals surface area (Å²) in [4.78, 5) is 0. The third-order valence-electron chi connectivity index (χ3n) is 12.2. The molecule has 0 bridgehead atoms. The van der Waals surface area contributed by atoms with Gasteiger partial charge in [-0.1, -0.05) is 164 Å². The van der Waals surface area contributed by atoms with Gasteiger partial charge in [-0.2, -0.15) is 0 Å². The molecule has 0 saturated carbocycles. The molecular formula is C54H36N2OSi. The van der Waals surface area contributed by atoms with Crippen molar-refractivity contribution in [2.45, 2.75) is 0 Å². The lowest BCUT2D eigenvalue weighted by Gasteiger charge is -2.35. The first kappa shape index (κ1) is 32.8. The summed E-state index contributed by atoms with van der Waals surface area (Å²) in [6, 6.07) is 80.4. The molecule has 3 heterocycles. The molecule has 0 amide bonds. The second kappa shape index (κ2) is 12.8. The van der Waals surface area contributed by atoms with E-state index in [-0.39, 0.29) is 0 Å². The Morgan fingerprint density at radius 3 is 1.62 bits per heavy atom. The Kier molecular flexibility index (Phi) is 7.25. The standard InChI is InChI=1S/C54H36N2OSi/c1-4-18-37(19-5-1)56-46-30-13-10-26-42(46)43-29-17-33-51(54(43)56)58(39-21-6-2-7-22-39,40-23-8-3-9-24-40)41-25-16-20-38(36-41)55-47-31-14-11-27-44(47)52-48(55)34-35-50-53(52)45-28-12-15-32-49(45)57-50/h1-36H. The van der Waals surface area contributed by atoms with Crippen LogP contribution in [0.4, 0.5) is 0 Å². The molecule has 0 radical (unpaired) electrons. The predicted octanol–water partition coefficient (Wildman–Crippen LogP) is 11.2. The van der Waals surface area contributed by atoms with Gasteiger partial charge in [0.25, 0.3) is 0 Å². The van der Waals surface area contributed by atoms with Crippen molar-refractivity contribution >= 4 is 94.4 Å². The molecule has 0 aliphatic rings. The fourth-order valence-corrected chi connectivity index (χ4v) is 14.9. The molecule has 0 N–H and O–H groups in total. The van der Waals surface area contributed by atoms with E-state index in [1.54, 1.807) is 0 Å². The molecule has 58 heavy (non-hydrogen) atoms. The number of aromatic nitrogens is 2. The molecule has 3 nitrogen and oxygen atoms in total. The van der Waals surface area contributed by atoms with Gasteiger partial charge in [-0.25, -0.2) is 0 Å². The Labute approximate surface area is 336 Å². The molecule has 272 valence electrons. The average molecular weight is 757 g/mol. The molecule has 0 aliphatic heterocycles. The van der Waals surface area contributed by atoms with Crippen molar-refractivity contribution < 1.29 is 4.42 Å². The minimum atomic E-state index is -3.09. The van der Waals surface area contributed by atoms with Crippen LogP contribution in [0.2, 0.25) is 0 Å². The van der Waals surface area contributed by atoms with E-state index in [1.807, 2.05) is 6.07 Å². The summed E-state index contributed by atoms with van der Waals surface area (Å²) in [5, 5.41) is 12.6. The summed E-state index contributed by atoms with van der Waals surface area (Å²) in [7, 11) is -3.09. The second-order valence-corrected chi connectivity index (χ2v) is 19.0. The van der Waals surface area contributed by atoms with Crippen LogP contribution in [0.15, 0.2) is 223 Å². The summed E-state index contributed by atoms with van der Waals surface area (Å²) in [5.74, 6) is 0. The van der Waals surface area contributed by atoms with Gasteiger partial charge in [0.05, 0.1) is 22.1 Å². The maximum atomic E-state index is 6.43. The highest BCUT2D eigenvalue weighted by Gasteiger charge is 2.44. The van der Waals surface area contributed by atoms with Crippen molar-refractivity contribution in [1.29, 1.82) is 0 Å². The maximum Gasteiger partial charge on any atom is 0.181 e. The van der Waals surface area contributed by atoms with Gasteiger partial charge in [0.2, 0.25) is 0 Å². The van der Waals surface area contributed by atoms with Crippen LogP contribution in [0.25, 0.3) is 76.9 Å². The van der Waals surface area contributed by atoms with Crippen LogP contribution < -0.4 is 20.7 Å². The second-order valence-electron chi connectivity index (χ2n) is 15.2. The topological polar surface area (TPSA) is 23.0 Å². The number of benzene rings is 9. The molecule has 0 aliphatic carbocycles. The summed E-state index contributed by atoms with van der Waals surface area (Å²) < 4.78 is 11.4. The summed E-state index contributed by atoms with van der Waals surface area (Å²) in [6.07, 6.45) is 0. The van der Waals surface area contributed by atoms with Gasteiger partial charge in [0.15, 0.2) is 8.07 Å². The molecule has 12 rings (SSSR count). The van der Waals surface area contributed by atoms with Gasteiger partial charge >= 0.3 is 0 Å². The number of rotatable bonds is 6. The van der Waals surface area contributed by atoms with Gasteiger partial charge in [-0.3, -0.25) is 0 Å². The molecule has 0 saturated heterocycles. The van der Waals surface area contributed by atoms with Crippen molar-refractivity contribution in [2.75, 3.05) is 0 Å². The lowest BCUT2D eigenvalue weighted by atomic mass is 10.1. The first-order valence-electron chi connectivity index (χ1n) is 19.9. The number of hydrogen-bond acceptors (Lipinski definition) is 1. The lowest BCUT2D eigenvalue weighted by molar-refractivity contribution is 0.669. The summed E-state index contributed by atoms with van der Waals surface area (Å²) >= 11 is 0. The molecule has 0 fully saturated rings. The number of para-hydroxylation sites is 5. The van der Waals surface area contributed by atoms with Gasteiger partial charge in [-0.05, 0) is 75.3 Å². The highest BCUT2D eigenvalue weighted by molar-refractivity contribution is 7.20. The van der Waals surface area contributed by atoms with Crippen LogP contribution in [0, 0.1) is 0 Å². The summed E-state index contributed by atoms with van der Waals surface area (Å²) in [5.41, 5.74) is 8.90. The van der Waals surface area contributed by atoms with Crippen molar-refractivity contribution in [2.24, 2.45) is 0 Å². The molecule has 9 aromatic carbocycles. The van der Waals surface area contributed by atoms with Gasteiger partial charge in [0.1, 0.15) is 11.2 Å². The largest absolute Gasteiger partial charge is 0.456 e. The van der Waals surface area contributed by atoms with Crippen molar-refractivity contribution in [3.05, 3.63) is 218 Å². The van der Waals surface area contributed by atoms with E-state index in [0.29, 0.717) is 0 Å². The smallest absolute Gasteiger partial charge is 0.181 e. The Hall–Kier alpha value is -7.40. The van der Waals surface area contributed by atoms with Gasteiger partial charge in [-0.15, -0.1) is 0 Å². The normalized spacial score (nSPS) is 12.1. The Morgan fingerprint density at radius 1 is 0.328 bits per heavy atom. The van der Waals surface area contributed by atoms with Crippen molar-refractivity contribution in [1.82, 2.24) is 9.13 Å². The van der Waals surface area contributed by atoms with Crippen LogP contribution in [-0.2, 0) is 0 Å². The first-order valence-corrected chi connectivity index (χ1v) is 21.9. The van der Waals surface area contributed by atoms with Gasteiger partial charge < -0.3 is 13.6 Å². The zero-order valence-corrected chi connectivity index (χ0v) is 32.6. The van der Waals surface area contributed by atoms with E-state index in [1.165, 1.54) is 58.8 Å². The monoisotopic (exact) mass is 756 g/mol. The van der Waals surface area contributed by atoms with E-state index >= 15 is 0 Å². The zero-order valence-electron chi connectivity index (χ0n) is 31.6. The number of fused-ring (bicyclic) bond motifs is 10. The van der Waals surface area contributed by atoms with E-state index in [0.717, 1.165) is 38.8 Å². The van der Waals surface area contributed by atoms with E-state index in [2.05, 4.69) is 221 Å². The minimum Gasteiger partial charge on any atom is -0.456 e. The molecule has 12 aromatic rings. The highest BCUT2D eigenvalue weighted by atomic mass is 28.3. The SMILES string of the molecule is c1ccc(-n2c3ccccc3c3cccc([Si](c4ccccc4)(c4ccccc4)c4cccc(-n5c6ccccc6c6c7c(ccc65)oc5ccccc57)c4)c32)cc1. The third-order valence-corrected chi connectivity index (χ3v) is 17.0. The van der Waals surface area contributed by atoms with Crippen molar-refractivity contribution in [3.63, 3.8) is 0 Å². The molecule has 0 unspecified atom stereocenters. The lowest BCUT2D eigenvalue weighted by Crippen LogP contribution is -2.75. The fourth-order valence-electron chi connectivity index (χ4n) is 9.94. The van der Waals surface area contributed by atoms with Crippen LogP contribution >= 0.6 is 0 Å². The van der Waals surface area contributed by atoms with Crippen LogP contribution in [0.1, 0.15) is 0 Å². The van der Waals surface area contributed by atoms with Crippen LogP contribution in [0.5, 0.6) is 0 Å². The van der Waals surface area contributed by atoms with Gasteiger partial charge in [0, 0.05) is 43.7 Å². The Bertz CT molecular complexity index is 3470. The number of nitrogens with zero attached hydrogens (tertiary/aromatic N) is 2. The van der Waals surface area contributed by atoms with E-state index < -0.39 is 8.07 Å². The van der Waals surface area contributed by atoms with E-state index in [9.17, 15) is 0 Å². The third kappa shape index (κ3) is 4.61. The average Bonchev–Trinajstić information content (AvgIpc) is 3.96. The number of hydrogen-bond donors (Lipinski definition) is 0. The predicted molar refractivity (Wildman–Crippen MR) is 246 cm³/mol. The maximum absolute atomic E-state index is 6.43. The minimum absolute atomic E-state index is 0.909. The highest BCUT2D eigenvalue weighted by Crippen LogP contribution is 2.41. The molecule has 0 spiro atoms. The molecule has 3 aromatic heterocycles.